The molecule has 0 bridgehead atoms. The van der Waals surface area contributed by atoms with E-state index in [1.807, 2.05) is 13.0 Å². The second-order valence-corrected chi connectivity index (χ2v) is 6.97. The number of benzene rings is 1. The molecule has 2 aliphatic carbocycles. The number of hydrogen-bond acceptors (Lipinski definition) is 2. The Morgan fingerprint density at radius 3 is 2.75 bits per heavy atom. The molecule has 0 heterocycles. The second-order valence-electron chi connectivity index (χ2n) is 6.97. The van der Waals surface area contributed by atoms with Gasteiger partial charge in [0.25, 0.3) is 0 Å². The average Bonchev–Trinajstić information content (AvgIpc) is 3.10. The first-order valence-electron chi connectivity index (χ1n) is 9.07. The molecule has 0 saturated carbocycles. The summed E-state index contributed by atoms with van der Waals surface area (Å²) in [4.78, 5) is 0. The Morgan fingerprint density at radius 2 is 2.07 bits per heavy atom. The molecule has 0 fully saturated rings. The quantitative estimate of drug-likeness (QED) is 0.654. The molecule has 0 radical (unpaired) electrons. The lowest BCUT2D eigenvalue weighted by Gasteiger charge is -2.15. The van der Waals surface area contributed by atoms with Crippen molar-refractivity contribution in [3.63, 3.8) is 0 Å². The smallest absolute Gasteiger partial charge is 0.379 e. The highest BCUT2D eigenvalue weighted by Gasteiger charge is 2.30. The van der Waals surface area contributed by atoms with Gasteiger partial charge in [0.05, 0.1) is 5.56 Å². The summed E-state index contributed by atoms with van der Waals surface area (Å²) >= 11 is 0. The van der Waals surface area contributed by atoms with E-state index in [0.717, 1.165) is 36.1 Å². The summed E-state index contributed by atoms with van der Waals surface area (Å²) in [6, 6.07) is 7.51. The predicted octanol–water partition coefficient (Wildman–Crippen LogP) is 5.94. The van der Waals surface area contributed by atoms with Gasteiger partial charge in [0, 0.05) is 7.05 Å². The van der Waals surface area contributed by atoms with Crippen LogP contribution in [0.15, 0.2) is 76.6 Å². The number of nitriles is 1. The Balaban J connectivity index is 1.72. The lowest BCUT2D eigenvalue weighted by Crippen LogP contribution is -2.07. The Hall–Kier alpha value is -3.00. The standard InChI is InChI=1S/C23H21F3N2/c1-15(22(14-27)28-2)19-12-18-9-8-17(10-20(18)13-19)7-6-16-4-3-5-21(11-16)23(24,25)26/h3-9,11,13,17,28H,10,12H2,1-2H3/b7-6+,22-15+. The number of hydrogen-bond donors (Lipinski definition) is 1. The van der Waals surface area contributed by atoms with Crippen molar-refractivity contribution in [1.82, 2.24) is 5.32 Å². The van der Waals surface area contributed by atoms with Crippen molar-refractivity contribution in [1.29, 1.82) is 5.26 Å². The van der Waals surface area contributed by atoms with Crippen LogP contribution >= 0.6 is 0 Å². The first kappa shape index (κ1) is 19.8. The summed E-state index contributed by atoms with van der Waals surface area (Å²) < 4.78 is 38.5. The van der Waals surface area contributed by atoms with E-state index in [2.05, 4.69) is 29.6 Å². The van der Waals surface area contributed by atoms with E-state index in [-0.39, 0.29) is 5.92 Å². The molecule has 2 nitrogen and oxygen atoms in total. The van der Waals surface area contributed by atoms with Gasteiger partial charge in [-0.15, -0.1) is 0 Å². The summed E-state index contributed by atoms with van der Waals surface area (Å²) in [6.45, 7) is 1.94. The summed E-state index contributed by atoms with van der Waals surface area (Å²) in [5.41, 5.74) is 5.01. The van der Waals surface area contributed by atoms with Gasteiger partial charge in [0.15, 0.2) is 0 Å². The lowest BCUT2D eigenvalue weighted by atomic mass is 9.90. The minimum absolute atomic E-state index is 0.132. The van der Waals surface area contributed by atoms with E-state index in [1.165, 1.54) is 17.2 Å². The highest BCUT2D eigenvalue weighted by atomic mass is 19.4. The molecule has 1 N–H and O–H groups in total. The first-order valence-corrected chi connectivity index (χ1v) is 9.07. The maximum atomic E-state index is 12.8. The third-order valence-corrected chi connectivity index (χ3v) is 5.11. The van der Waals surface area contributed by atoms with Crippen LogP contribution in [0.3, 0.4) is 0 Å². The zero-order chi connectivity index (χ0) is 20.3. The molecule has 28 heavy (non-hydrogen) atoms. The second kappa shape index (κ2) is 7.93. The largest absolute Gasteiger partial charge is 0.416 e. The number of halogens is 3. The summed E-state index contributed by atoms with van der Waals surface area (Å²) in [5.74, 6) is 0.132. The first-order chi connectivity index (χ1) is 13.3. The highest BCUT2D eigenvalue weighted by molar-refractivity contribution is 5.56. The van der Waals surface area contributed by atoms with E-state index in [4.69, 9.17) is 0 Å². The Kier molecular flexibility index (Phi) is 5.60. The van der Waals surface area contributed by atoms with E-state index < -0.39 is 11.7 Å². The maximum absolute atomic E-state index is 12.8. The Bertz CT molecular complexity index is 966. The molecule has 0 aliphatic heterocycles. The van der Waals surface area contributed by atoms with Crippen molar-refractivity contribution in [2.45, 2.75) is 25.9 Å². The van der Waals surface area contributed by atoms with Crippen LogP contribution in [0.2, 0.25) is 0 Å². The van der Waals surface area contributed by atoms with Crippen molar-refractivity contribution in [2.75, 3.05) is 7.05 Å². The van der Waals surface area contributed by atoms with Crippen LogP contribution in [-0.4, -0.2) is 7.05 Å². The van der Waals surface area contributed by atoms with Gasteiger partial charge in [-0.3, -0.25) is 0 Å². The normalized spacial score (nSPS) is 20.0. The van der Waals surface area contributed by atoms with Crippen molar-refractivity contribution in [3.05, 3.63) is 87.7 Å². The van der Waals surface area contributed by atoms with Gasteiger partial charge in [0.2, 0.25) is 0 Å². The number of nitrogens with zero attached hydrogens (tertiary/aromatic N) is 1. The molecule has 5 heteroatoms. The van der Waals surface area contributed by atoms with E-state index in [0.29, 0.717) is 11.3 Å². The molecular formula is C23H21F3N2. The molecule has 3 rings (SSSR count). The average molecular weight is 382 g/mol. The Labute approximate surface area is 163 Å². The monoisotopic (exact) mass is 382 g/mol. The number of nitrogens with one attached hydrogen (secondary N) is 1. The number of alkyl halides is 3. The molecule has 144 valence electrons. The van der Waals surface area contributed by atoms with Crippen LogP contribution in [0.4, 0.5) is 13.2 Å². The van der Waals surface area contributed by atoms with Crippen molar-refractivity contribution in [2.24, 2.45) is 5.92 Å². The molecule has 1 aromatic carbocycles. The van der Waals surface area contributed by atoms with Crippen LogP contribution in [0, 0.1) is 17.2 Å². The third kappa shape index (κ3) is 4.28. The van der Waals surface area contributed by atoms with Gasteiger partial charge >= 0.3 is 6.18 Å². The minimum Gasteiger partial charge on any atom is -0.379 e. The van der Waals surface area contributed by atoms with Gasteiger partial charge in [-0.05, 0) is 65.7 Å². The van der Waals surface area contributed by atoms with Crippen LogP contribution in [0.25, 0.3) is 6.08 Å². The van der Waals surface area contributed by atoms with Crippen molar-refractivity contribution in [3.8, 4) is 6.07 Å². The summed E-state index contributed by atoms with van der Waals surface area (Å²) in [7, 11) is 1.74. The molecular weight excluding hydrogens is 361 g/mol. The SMILES string of the molecule is CN/C(C#N)=C(\C)C1=CC2=C(C=CC(/C=C/c3cccc(C(F)(F)F)c3)C2)C1. The van der Waals surface area contributed by atoms with E-state index in [9.17, 15) is 18.4 Å². The highest BCUT2D eigenvalue weighted by Crippen LogP contribution is 2.38. The minimum atomic E-state index is -4.33. The third-order valence-electron chi connectivity index (χ3n) is 5.11. The van der Waals surface area contributed by atoms with Crippen LogP contribution in [-0.2, 0) is 6.18 Å². The maximum Gasteiger partial charge on any atom is 0.416 e. The van der Waals surface area contributed by atoms with Gasteiger partial charge in [0.1, 0.15) is 11.8 Å². The van der Waals surface area contributed by atoms with E-state index in [1.54, 1.807) is 19.2 Å². The Morgan fingerprint density at radius 1 is 1.29 bits per heavy atom. The van der Waals surface area contributed by atoms with Gasteiger partial charge < -0.3 is 5.32 Å². The van der Waals surface area contributed by atoms with Gasteiger partial charge in [-0.2, -0.15) is 18.4 Å². The predicted molar refractivity (Wildman–Crippen MR) is 105 cm³/mol. The topological polar surface area (TPSA) is 35.8 Å². The van der Waals surface area contributed by atoms with E-state index >= 15 is 0 Å². The van der Waals surface area contributed by atoms with Crippen LogP contribution in [0.5, 0.6) is 0 Å². The summed E-state index contributed by atoms with van der Waals surface area (Å²) in [5, 5.41) is 12.1. The van der Waals surface area contributed by atoms with Crippen LogP contribution < -0.4 is 5.32 Å². The molecule has 0 spiro atoms. The fraction of sp³-hybridized carbons (Fsp3) is 0.261. The lowest BCUT2D eigenvalue weighted by molar-refractivity contribution is -0.137. The molecule has 2 aliphatic rings. The van der Waals surface area contributed by atoms with Crippen molar-refractivity contribution >= 4 is 6.08 Å². The fourth-order valence-corrected chi connectivity index (χ4v) is 3.50. The van der Waals surface area contributed by atoms with Gasteiger partial charge in [-0.25, -0.2) is 0 Å². The van der Waals surface area contributed by atoms with Gasteiger partial charge in [-0.1, -0.05) is 42.5 Å². The molecule has 1 aromatic rings. The fourth-order valence-electron chi connectivity index (χ4n) is 3.50. The zero-order valence-corrected chi connectivity index (χ0v) is 15.8. The number of rotatable bonds is 4. The summed E-state index contributed by atoms with van der Waals surface area (Å²) in [6.07, 6.45) is 7.26. The van der Waals surface area contributed by atoms with Crippen LogP contribution in [0.1, 0.15) is 30.9 Å². The van der Waals surface area contributed by atoms with Crippen molar-refractivity contribution < 1.29 is 13.2 Å². The zero-order valence-electron chi connectivity index (χ0n) is 15.8. The molecule has 1 unspecified atom stereocenters. The molecule has 0 aromatic heterocycles. The molecule has 0 amide bonds. The molecule has 1 atom stereocenters. The number of allylic oxidation sites excluding steroid dienone is 9. The molecule has 0 saturated heterocycles.